The minimum absolute atomic E-state index is 0.125. The quantitative estimate of drug-likeness (QED) is 0.864. The van der Waals surface area contributed by atoms with E-state index >= 15 is 0 Å². The molecule has 0 atom stereocenters. The zero-order valence-corrected chi connectivity index (χ0v) is 12.7. The fourth-order valence-electron chi connectivity index (χ4n) is 2.17. The Morgan fingerprint density at radius 1 is 1.20 bits per heavy atom. The van der Waals surface area contributed by atoms with Gasteiger partial charge in [-0.15, -0.1) is 0 Å². The second kappa shape index (κ2) is 6.91. The first-order valence-corrected chi connectivity index (χ1v) is 7.29. The highest BCUT2D eigenvalue weighted by Crippen LogP contribution is 2.23. The molecule has 1 heterocycles. The topological polar surface area (TPSA) is 30.5 Å². The van der Waals surface area contributed by atoms with E-state index in [0.29, 0.717) is 6.61 Å². The molecule has 0 radical (unpaired) electrons. The number of hydrogen-bond acceptors (Lipinski definition) is 3. The van der Waals surface area contributed by atoms with Crippen LogP contribution in [0.2, 0.25) is 0 Å². The van der Waals surface area contributed by atoms with Gasteiger partial charge in [-0.05, 0) is 50.1 Å². The normalized spacial score (nSPS) is 15.8. The molecule has 0 spiro atoms. The third-order valence-corrected chi connectivity index (χ3v) is 3.81. The molecule has 110 valence electrons. The van der Waals surface area contributed by atoms with E-state index in [9.17, 15) is 0 Å². The number of methoxy groups -OCH3 is 1. The van der Waals surface area contributed by atoms with E-state index in [2.05, 4.69) is 49.5 Å². The van der Waals surface area contributed by atoms with Gasteiger partial charge in [-0.3, -0.25) is 0 Å². The fraction of sp³-hybridized carbons (Fsp3) is 0.529. The average molecular weight is 275 g/mol. The second-order valence-electron chi connectivity index (χ2n) is 5.77. The number of ether oxygens (including phenoxy) is 2. The maximum Gasteiger partial charge on any atom is 0.119 e. The summed E-state index contributed by atoms with van der Waals surface area (Å²) in [6, 6.07) is 8.40. The van der Waals surface area contributed by atoms with Gasteiger partial charge >= 0.3 is 0 Å². The van der Waals surface area contributed by atoms with Crippen molar-refractivity contribution in [2.24, 2.45) is 0 Å². The molecule has 1 aliphatic heterocycles. The lowest BCUT2D eigenvalue weighted by Gasteiger charge is -2.22. The summed E-state index contributed by atoms with van der Waals surface area (Å²) in [4.78, 5) is 0. The summed E-state index contributed by atoms with van der Waals surface area (Å²) in [7, 11) is 1.74. The molecule has 20 heavy (non-hydrogen) atoms. The summed E-state index contributed by atoms with van der Waals surface area (Å²) < 4.78 is 11.2. The van der Waals surface area contributed by atoms with E-state index in [-0.39, 0.29) is 5.60 Å². The fourth-order valence-corrected chi connectivity index (χ4v) is 2.17. The van der Waals surface area contributed by atoms with Crippen LogP contribution in [-0.4, -0.2) is 32.4 Å². The first kappa shape index (κ1) is 15.1. The second-order valence-corrected chi connectivity index (χ2v) is 5.77. The van der Waals surface area contributed by atoms with Crippen LogP contribution >= 0.6 is 0 Å². The van der Waals surface area contributed by atoms with Crippen LogP contribution in [0.3, 0.4) is 0 Å². The van der Waals surface area contributed by atoms with E-state index in [1.807, 2.05) is 0 Å². The lowest BCUT2D eigenvalue weighted by molar-refractivity contribution is 0.00546. The van der Waals surface area contributed by atoms with Gasteiger partial charge in [0.05, 0.1) is 12.2 Å². The molecule has 0 aliphatic carbocycles. The van der Waals surface area contributed by atoms with Crippen LogP contribution in [-0.2, 0) is 4.74 Å². The maximum absolute atomic E-state index is 5.77. The summed E-state index contributed by atoms with van der Waals surface area (Å²) in [5.41, 5.74) is 2.60. The summed E-state index contributed by atoms with van der Waals surface area (Å²) in [6.07, 6.45) is 4.24. The first-order chi connectivity index (χ1) is 9.61. The molecule has 1 aromatic carbocycles. The molecule has 1 aliphatic rings. The van der Waals surface area contributed by atoms with Gasteiger partial charge < -0.3 is 14.8 Å². The molecule has 1 N–H and O–H groups in total. The summed E-state index contributed by atoms with van der Waals surface area (Å²) in [5, 5.41) is 3.33. The van der Waals surface area contributed by atoms with Gasteiger partial charge in [-0.25, -0.2) is 0 Å². The smallest absolute Gasteiger partial charge is 0.119 e. The van der Waals surface area contributed by atoms with Gasteiger partial charge in [0.25, 0.3) is 0 Å². The first-order valence-electron chi connectivity index (χ1n) is 7.29. The Labute approximate surface area is 122 Å². The zero-order valence-electron chi connectivity index (χ0n) is 12.7. The maximum atomic E-state index is 5.77. The van der Waals surface area contributed by atoms with Crippen LogP contribution in [0.1, 0.15) is 32.3 Å². The molecule has 0 saturated carbocycles. The minimum atomic E-state index is -0.125. The molecule has 3 heteroatoms. The molecule has 0 bridgehead atoms. The average Bonchev–Trinajstić information content (AvgIpc) is 2.49. The number of rotatable bonds is 6. The minimum Gasteiger partial charge on any atom is -0.493 e. The predicted octanol–water partition coefficient (Wildman–Crippen LogP) is 3.26. The Balaban J connectivity index is 1.87. The molecule has 0 amide bonds. The van der Waals surface area contributed by atoms with Gasteiger partial charge in [0.15, 0.2) is 0 Å². The lowest BCUT2D eigenvalue weighted by atomic mass is 10.0. The van der Waals surface area contributed by atoms with E-state index in [0.717, 1.165) is 31.7 Å². The van der Waals surface area contributed by atoms with Crippen molar-refractivity contribution in [1.29, 1.82) is 0 Å². The molecular weight excluding hydrogens is 250 g/mol. The SMILES string of the molecule is COC(C)(C)CCOc1ccc(C2=CCNCC2)cc1. The van der Waals surface area contributed by atoms with Crippen molar-refractivity contribution in [3.63, 3.8) is 0 Å². The molecule has 0 saturated heterocycles. The number of benzene rings is 1. The lowest BCUT2D eigenvalue weighted by Crippen LogP contribution is -2.25. The van der Waals surface area contributed by atoms with E-state index in [1.54, 1.807) is 7.11 Å². The van der Waals surface area contributed by atoms with Crippen LogP contribution in [0.25, 0.3) is 5.57 Å². The standard InChI is InChI=1S/C17H25NO2/c1-17(2,19-3)10-13-20-16-6-4-14(5-7-16)15-8-11-18-12-9-15/h4-8,18H,9-13H2,1-3H3. The third kappa shape index (κ3) is 4.36. The van der Waals surface area contributed by atoms with Gasteiger partial charge in [-0.1, -0.05) is 18.2 Å². The molecular formula is C17H25NO2. The Morgan fingerprint density at radius 2 is 1.95 bits per heavy atom. The van der Waals surface area contributed by atoms with Gasteiger partial charge in [-0.2, -0.15) is 0 Å². The Hall–Kier alpha value is -1.32. The van der Waals surface area contributed by atoms with Crippen molar-refractivity contribution in [2.75, 3.05) is 26.8 Å². The highest BCUT2D eigenvalue weighted by molar-refractivity contribution is 5.67. The highest BCUT2D eigenvalue weighted by Gasteiger charge is 2.15. The van der Waals surface area contributed by atoms with Crippen molar-refractivity contribution >= 4 is 5.57 Å². The molecule has 3 nitrogen and oxygen atoms in total. The molecule has 1 aromatic rings. The van der Waals surface area contributed by atoms with Crippen LogP contribution in [0, 0.1) is 0 Å². The number of nitrogens with one attached hydrogen (secondary N) is 1. The Bertz CT molecular complexity index is 449. The molecule has 0 fully saturated rings. The summed E-state index contributed by atoms with van der Waals surface area (Å²) in [5.74, 6) is 0.926. The third-order valence-electron chi connectivity index (χ3n) is 3.81. The number of hydrogen-bond donors (Lipinski definition) is 1. The molecule has 0 aromatic heterocycles. The van der Waals surface area contributed by atoms with Crippen molar-refractivity contribution in [3.05, 3.63) is 35.9 Å². The highest BCUT2D eigenvalue weighted by atomic mass is 16.5. The molecule has 0 unspecified atom stereocenters. The van der Waals surface area contributed by atoms with Gasteiger partial charge in [0, 0.05) is 20.1 Å². The Morgan fingerprint density at radius 3 is 2.55 bits per heavy atom. The molecule has 2 rings (SSSR count). The van der Waals surface area contributed by atoms with Crippen molar-refractivity contribution in [3.8, 4) is 5.75 Å². The van der Waals surface area contributed by atoms with E-state index in [4.69, 9.17) is 9.47 Å². The van der Waals surface area contributed by atoms with E-state index in [1.165, 1.54) is 11.1 Å². The van der Waals surface area contributed by atoms with Crippen LogP contribution in [0.15, 0.2) is 30.3 Å². The van der Waals surface area contributed by atoms with E-state index < -0.39 is 0 Å². The Kier molecular flexibility index (Phi) is 5.21. The van der Waals surface area contributed by atoms with Crippen LogP contribution < -0.4 is 10.1 Å². The predicted molar refractivity (Wildman–Crippen MR) is 83.1 cm³/mol. The van der Waals surface area contributed by atoms with Crippen molar-refractivity contribution < 1.29 is 9.47 Å². The monoisotopic (exact) mass is 275 g/mol. The van der Waals surface area contributed by atoms with Gasteiger partial charge in [0.2, 0.25) is 0 Å². The van der Waals surface area contributed by atoms with Crippen molar-refractivity contribution in [1.82, 2.24) is 5.32 Å². The zero-order chi connectivity index (χ0) is 14.4. The van der Waals surface area contributed by atoms with Crippen LogP contribution in [0.5, 0.6) is 5.75 Å². The largest absolute Gasteiger partial charge is 0.493 e. The van der Waals surface area contributed by atoms with Crippen LogP contribution in [0.4, 0.5) is 0 Å². The van der Waals surface area contributed by atoms with Gasteiger partial charge in [0.1, 0.15) is 5.75 Å². The summed E-state index contributed by atoms with van der Waals surface area (Å²) in [6.45, 7) is 6.86. The summed E-state index contributed by atoms with van der Waals surface area (Å²) >= 11 is 0. The van der Waals surface area contributed by atoms with Crippen molar-refractivity contribution in [2.45, 2.75) is 32.3 Å².